The zero-order valence-electron chi connectivity index (χ0n) is 9.57. The second kappa shape index (κ2) is 4.75. The normalized spacial score (nSPS) is 22.6. The molecule has 0 aromatic rings. The Kier molecular flexibility index (Phi) is 3.33. The van der Waals surface area contributed by atoms with Crippen molar-refractivity contribution in [3.8, 4) is 0 Å². The van der Waals surface area contributed by atoms with Gasteiger partial charge in [0.1, 0.15) is 11.9 Å². The van der Waals surface area contributed by atoms with Crippen molar-refractivity contribution in [2.45, 2.75) is 13.1 Å². The standard InChI is InChI=1S/C11H13BrN4O/c1-7(17-2)15-11(13)9-5-14-10-4-3-8(12)6-16(9)10/h3-6,10,13-14H,1-2H3. The lowest BCUT2D eigenvalue weighted by Crippen LogP contribution is -2.34. The SMILES string of the molecule is COC(C)=NC(=N)C1=CNC2C=CC(Br)=CN12. The minimum Gasteiger partial charge on any atom is -0.484 e. The maximum Gasteiger partial charge on any atom is 0.186 e. The van der Waals surface area contributed by atoms with Crippen LogP contribution in [0.3, 0.4) is 0 Å². The molecule has 90 valence electrons. The van der Waals surface area contributed by atoms with E-state index in [9.17, 15) is 0 Å². The lowest BCUT2D eigenvalue weighted by Gasteiger charge is -2.25. The second-order valence-electron chi connectivity index (χ2n) is 3.61. The van der Waals surface area contributed by atoms with E-state index in [0.29, 0.717) is 11.6 Å². The molecule has 0 fully saturated rings. The van der Waals surface area contributed by atoms with Gasteiger partial charge in [-0.1, -0.05) is 0 Å². The number of ether oxygens (including phenoxy) is 1. The average molecular weight is 297 g/mol. The van der Waals surface area contributed by atoms with E-state index < -0.39 is 0 Å². The highest BCUT2D eigenvalue weighted by molar-refractivity contribution is 9.11. The van der Waals surface area contributed by atoms with Gasteiger partial charge in [-0.2, -0.15) is 4.99 Å². The van der Waals surface area contributed by atoms with E-state index in [1.54, 1.807) is 13.1 Å². The van der Waals surface area contributed by atoms with Crippen molar-refractivity contribution in [1.82, 2.24) is 10.2 Å². The van der Waals surface area contributed by atoms with Crippen molar-refractivity contribution in [2.24, 2.45) is 4.99 Å². The topological polar surface area (TPSA) is 60.7 Å². The lowest BCUT2D eigenvalue weighted by atomic mass is 10.3. The van der Waals surface area contributed by atoms with Crippen LogP contribution >= 0.6 is 15.9 Å². The third kappa shape index (κ3) is 2.41. The van der Waals surface area contributed by atoms with Crippen LogP contribution in [0.15, 0.2) is 39.7 Å². The van der Waals surface area contributed by atoms with Crippen LogP contribution in [0.4, 0.5) is 0 Å². The summed E-state index contributed by atoms with van der Waals surface area (Å²) in [4.78, 5) is 6.00. The number of amidine groups is 1. The smallest absolute Gasteiger partial charge is 0.186 e. The first-order chi connectivity index (χ1) is 8.11. The summed E-state index contributed by atoms with van der Waals surface area (Å²) >= 11 is 3.41. The number of rotatable bonds is 1. The number of aliphatic imine (C=N–C) groups is 1. The molecular weight excluding hydrogens is 284 g/mol. The number of allylic oxidation sites excluding steroid dienone is 2. The van der Waals surface area contributed by atoms with E-state index in [0.717, 1.165) is 4.48 Å². The molecule has 2 heterocycles. The zero-order valence-corrected chi connectivity index (χ0v) is 11.2. The van der Waals surface area contributed by atoms with Crippen molar-refractivity contribution in [2.75, 3.05) is 7.11 Å². The summed E-state index contributed by atoms with van der Waals surface area (Å²) in [6.07, 6.45) is 7.74. The molecule has 0 saturated heterocycles. The first-order valence-corrected chi connectivity index (χ1v) is 5.89. The summed E-state index contributed by atoms with van der Waals surface area (Å²) in [5.74, 6) is 0.640. The van der Waals surface area contributed by atoms with E-state index in [-0.39, 0.29) is 12.0 Å². The zero-order chi connectivity index (χ0) is 12.4. The molecule has 2 aliphatic heterocycles. The molecule has 0 bridgehead atoms. The number of nitrogens with zero attached hydrogens (tertiary/aromatic N) is 2. The monoisotopic (exact) mass is 296 g/mol. The minimum absolute atomic E-state index is 0.0599. The van der Waals surface area contributed by atoms with E-state index in [1.807, 2.05) is 23.3 Å². The van der Waals surface area contributed by atoms with Gasteiger partial charge < -0.3 is 15.0 Å². The highest BCUT2D eigenvalue weighted by Gasteiger charge is 2.27. The Morgan fingerprint density at radius 3 is 3.12 bits per heavy atom. The number of halogens is 1. The highest BCUT2D eigenvalue weighted by atomic mass is 79.9. The number of hydrogen-bond acceptors (Lipinski definition) is 4. The van der Waals surface area contributed by atoms with Crippen molar-refractivity contribution in [3.05, 3.63) is 34.7 Å². The van der Waals surface area contributed by atoms with Crippen molar-refractivity contribution in [3.63, 3.8) is 0 Å². The van der Waals surface area contributed by atoms with Gasteiger partial charge in [0.05, 0.1) is 7.11 Å². The molecule has 0 aliphatic carbocycles. The summed E-state index contributed by atoms with van der Waals surface area (Å²) < 4.78 is 5.90. The van der Waals surface area contributed by atoms with Crippen LogP contribution in [0.5, 0.6) is 0 Å². The van der Waals surface area contributed by atoms with Gasteiger partial charge >= 0.3 is 0 Å². The summed E-state index contributed by atoms with van der Waals surface area (Å²) in [5.41, 5.74) is 0.715. The molecule has 2 N–H and O–H groups in total. The fraction of sp³-hybridized carbons (Fsp3) is 0.273. The number of fused-ring (bicyclic) bond motifs is 1. The van der Waals surface area contributed by atoms with Crippen LogP contribution < -0.4 is 5.32 Å². The largest absolute Gasteiger partial charge is 0.484 e. The summed E-state index contributed by atoms with van der Waals surface area (Å²) in [6.45, 7) is 1.72. The molecule has 0 aromatic heterocycles. The molecule has 0 amide bonds. The van der Waals surface area contributed by atoms with E-state index in [1.165, 1.54) is 7.11 Å². The van der Waals surface area contributed by atoms with E-state index in [2.05, 4.69) is 26.2 Å². The Morgan fingerprint density at radius 1 is 1.65 bits per heavy atom. The van der Waals surface area contributed by atoms with E-state index >= 15 is 0 Å². The minimum atomic E-state index is 0.0599. The van der Waals surface area contributed by atoms with Gasteiger partial charge in [-0.3, -0.25) is 5.41 Å². The van der Waals surface area contributed by atoms with Crippen molar-refractivity contribution in [1.29, 1.82) is 5.41 Å². The predicted octanol–water partition coefficient (Wildman–Crippen LogP) is 1.91. The van der Waals surface area contributed by atoms with Gasteiger partial charge in [0.15, 0.2) is 11.7 Å². The van der Waals surface area contributed by atoms with Gasteiger partial charge in [0, 0.05) is 23.8 Å². The molecule has 1 atom stereocenters. The molecule has 0 saturated carbocycles. The van der Waals surface area contributed by atoms with Crippen LogP contribution in [0, 0.1) is 5.41 Å². The van der Waals surface area contributed by atoms with Crippen molar-refractivity contribution >= 4 is 27.7 Å². The van der Waals surface area contributed by atoms with Gasteiger partial charge in [0.2, 0.25) is 0 Å². The van der Waals surface area contributed by atoms with Crippen LogP contribution in [-0.4, -0.2) is 29.9 Å². The van der Waals surface area contributed by atoms with Crippen LogP contribution in [0.2, 0.25) is 0 Å². The third-order valence-electron chi connectivity index (χ3n) is 2.48. The maximum absolute atomic E-state index is 7.92. The second-order valence-corrected chi connectivity index (χ2v) is 4.52. The molecule has 0 radical (unpaired) electrons. The lowest BCUT2D eigenvalue weighted by molar-refractivity contribution is 0.399. The van der Waals surface area contributed by atoms with Gasteiger partial charge in [0.25, 0.3) is 0 Å². The Bertz CT molecular complexity index is 464. The van der Waals surface area contributed by atoms with Gasteiger partial charge in [-0.15, -0.1) is 0 Å². The maximum atomic E-state index is 7.92. The molecule has 5 nitrogen and oxygen atoms in total. The first-order valence-electron chi connectivity index (χ1n) is 5.10. The average Bonchev–Trinajstić information content (AvgIpc) is 2.71. The molecule has 6 heteroatoms. The fourth-order valence-corrected chi connectivity index (χ4v) is 1.95. The van der Waals surface area contributed by atoms with Crippen LogP contribution in [-0.2, 0) is 4.74 Å². The molecule has 1 unspecified atom stereocenters. The molecule has 2 aliphatic rings. The number of hydrogen-bond donors (Lipinski definition) is 2. The summed E-state index contributed by atoms with van der Waals surface area (Å²) in [6, 6.07) is 0. The Balaban J connectivity index is 2.19. The summed E-state index contributed by atoms with van der Waals surface area (Å²) in [5, 5.41) is 11.1. The fourth-order valence-electron chi connectivity index (χ4n) is 1.58. The molecule has 0 spiro atoms. The number of nitrogens with one attached hydrogen (secondary N) is 2. The highest BCUT2D eigenvalue weighted by Crippen LogP contribution is 2.25. The van der Waals surface area contributed by atoms with Crippen LogP contribution in [0.25, 0.3) is 0 Å². The Hall–Kier alpha value is -1.56. The van der Waals surface area contributed by atoms with Gasteiger partial charge in [-0.25, -0.2) is 0 Å². The molecule has 2 rings (SSSR count). The molecular formula is C11H13BrN4O. The summed E-state index contributed by atoms with van der Waals surface area (Å²) in [7, 11) is 1.54. The quantitative estimate of drug-likeness (QED) is 0.574. The molecule has 0 aromatic carbocycles. The van der Waals surface area contributed by atoms with E-state index in [4.69, 9.17) is 10.1 Å². The van der Waals surface area contributed by atoms with Crippen molar-refractivity contribution < 1.29 is 4.74 Å². The molecule has 17 heavy (non-hydrogen) atoms. The Labute approximate surface area is 108 Å². The van der Waals surface area contributed by atoms with Gasteiger partial charge in [-0.05, 0) is 28.1 Å². The first kappa shape index (κ1) is 11.9. The third-order valence-corrected chi connectivity index (χ3v) is 2.95. The Morgan fingerprint density at radius 2 is 2.41 bits per heavy atom. The predicted molar refractivity (Wildman–Crippen MR) is 70.8 cm³/mol. The number of methoxy groups -OCH3 is 1. The van der Waals surface area contributed by atoms with Crippen LogP contribution in [0.1, 0.15) is 6.92 Å².